The fourth-order valence-electron chi connectivity index (χ4n) is 2.10. The zero-order chi connectivity index (χ0) is 16.4. The largest absolute Gasteiger partial charge is 0.487 e. The third-order valence-corrected chi connectivity index (χ3v) is 4.64. The molecule has 0 saturated carbocycles. The lowest BCUT2D eigenvalue weighted by Crippen LogP contribution is -2.16. The molecule has 1 amide bonds. The van der Waals surface area contributed by atoms with Gasteiger partial charge in [0.25, 0.3) is 5.91 Å². The van der Waals surface area contributed by atoms with E-state index in [9.17, 15) is 4.79 Å². The SMILES string of the molecule is CNC(=O)c1cnc(/C=C/C2=Cc3cc(Cl)cc(Cl)c3OC2)s1. The van der Waals surface area contributed by atoms with Gasteiger partial charge in [0.1, 0.15) is 22.2 Å². The number of ether oxygens (including phenoxy) is 1. The van der Waals surface area contributed by atoms with Gasteiger partial charge in [-0.3, -0.25) is 4.79 Å². The molecule has 1 aliphatic rings. The van der Waals surface area contributed by atoms with Crippen molar-refractivity contribution in [3.05, 3.63) is 55.5 Å². The van der Waals surface area contributed by atoms with Crippen molar-refractivity contribution in [1.29, 1.82) is 0 Å². The van der Waals surface area contributed by atoms with Crippen LogP contribution in [0.5, 0.6) is 5.75 Å². The van der Waals surface area contributed by atoms with E-state index in [4.69, 9.17) is 27.9 Å². The fraction of sp³-hybridized carbons (Fsp3) is 0.125. The molecule has 1 N–H and O–H groups in total. The number of carbonyl (C=O) groups is 1. The molecule has 0 unspecified atom stereocenters. The summed E-state index contributed by atoms with van der Waals surface area (Å²) in [6.45, 7) is 0.415. The summed E-state index contributed by atoms with van der Waals surface area (Å²) in [5.74, 6) is 0.505. The Balaban J connectivity index is 1.82. The standard InChI is InChI=1S/C16H12Cl2N2O2S/c1-19-16(21)13-7-20-14(23-13)3-2-9-4-10-5-11(17)6-12(18)15(10)22-8-9/h2-7H,8H2,1H3,(H,19,21)/b3-2+. The molecule has 0 radical (unpaired) electrons. The summed E-state index contributed by atoms with van der Waals surface area (Å²) in [7, 11) is 1.59. The van der Waals surface area contributed by atoms with Crippen molar-refractivity contribution in [2.75, 3.05) is 13.7 Å². The minimum atomic E-state index is -0.138. The molecule has 0 fully saturated rings. The lowest BCUT2D eigenvalue weighted by atomic mass is 10.1. The van der Waals surface area contributed by atoms with Crippen LogP contribution in [0.15, 0.2) is 30.0 Å². The van der Waals surface area contributed by atoms with Crippen molar-refractivity contribution in [3.8, 4) is 5.75 Å². The second-order valence-electron chi connectivity index (χ2n) is 4.79. The van der Waals surface area contributed by atoms with E-state index < -0.39 is 0 Å². The van der Waals surface area contributed by atoms with Crippen LogP contribution < -0.4 is 10.1 Å². The molecule has 2 heterocycles. The average molecular weight is 367 g/mol. The van der Waals surface area contributed by atoms with Crippen molar-refractivity contribution in [3.63, 3.8) is 0 Å². The second kappa shape index (κ2) is 6.74. The highest BCUT2D eigenvalue weighted by Gasteiger charge is 2.14. The Hall–Kier alpha value is -1.82. The van der Waals surface area contributed by atoms with Gasteiger partial charge in [-0.05, 0) is 29.9 Å². The summed E-state index contributed by atoms with van der Waals surface area (Å²) < 4.78 is 5.68. The molecule has 3 rings (SSSR count). The first-order valence-electron chi connectivity index (χ1n) is 6.75. The van der Waals surface area contributed by atoms with Crippen LogP contribution in [0.3, 0.4) is 0 Å². The zero-order valence-corrected chi connectivity index (χ0v) is 14.4. The van der Waals surface area contributed by atoms with Gasteiger partial charge >= 0.3 is 0 Å². The molecular weight excluding hydrogens is 355 g/mol. The second-order valence-corrected chi connectivity index (χ2v) is 6.69. The number of benzene rings is 1. The van der Waals surface area contributed by atoms with Gasteiger partial charge < -0.3 is 10.1 Å². The minimum Gasteiger partial charge on any atom is -0.487 e. The Kier molecular flexibility index (Phi) is 4.71. The van der Waals surface area contributed by atoms with Gasteiger partial charge in [-0.15, -0.1) is 11.3 Å². The predicted octanol–water partition coefficient (Wildman–Crippen LogP) is 4.30. The van der Waals surface area contributed by atoms with Crippen LogP contribution in [0.2, 0.25) is 10.0 Å². The van der Waals surface area contributed by atoms with E-state index in [0.29, 0.717) is 27.3 Å². The number of carbonyl (C=O) groups excluding carboxylic acids is 1. The Morgan fingerprint density at radius 3 is 3.00 bits per heavy atom. The Morgan fingerprint density at radius 1 is 1.39 bits per heavy atom. The first-order chi connectivity index (χ1) is 11.1. The predicted molar refractivity (Wildman–Crippen MR) is 94.5 cm³/mol. The molecule has 1 aromatic carbocycles. The van der Waals surface area contributed by atoms with Crippen molar-refractivity contribution >= 4 is 52.6 Å². The number of rotatable bonds is 3. The lowest BCUT2D eigenvalue weighted by Gasteiger charge is -2.17. The van der Waals surface area contributed by atoms with E-state index in [-0.39, 0.29) is 5.91 Å². The summed E-state index contributed by atoms with van der Waals surface area (Å²) in [4.78, 5) is 16.3. The monoisotopic (exact) mass is 366 g/mol. The zero-order valence-electron chi connectivity index (χ0n) is 12.1. The number of hydrogen-bond donors (Lipinski definition) is 1. The molecular formula is C16H12Cl2N2O2S. The van der Waals surface area contributed by atoms with Crippen molar-refractivity contribution in [2.24, 2.45) is 0 Å². The molecule has 0 bridgehead atoms. The number of amides is 1. The molecule has 23 heavy (non-hydrogen) atoms. The lowest BCUT2D eigenvalue weighted by molar-refractivity contribution is 0.0967. The van der Waals surface area contributed by atoms with Gasteiger partial charge in [0, 0.05) is 17.6 Å². The smallest absolute Gasteiger partial charge is 0.262 e. The van der Waals surface area contributed by atoms with Crippen LogP contribution in [-0.2, 0) is 0 Å². The molecule has 118 valence electrons. The number of thiazole rings is 1. The molecule has 1 aromatic heterocycles. The van der Waals surface area contributed by atoms with Crippen LogP contribution >= 0.6 is 34.5 Å². The van der Waals surface area contributed by atoms with E-state index >= 15 is 0 Å². The van der Waals surface area contributed by atoms with Gasteiger partial charge in [0.15, 0.2) is 0 Å². The van der Waals surface area contributed by atoms with Crippen LogP contribution in [0.25, 0.3) is 12.2 Å². The van der Waals surface area contributed by atoms with E-state index in [2.05, 4.69) is 10.3 Å². The van der Waals surface area contributed by atoms with Crippen molar-refractivity contribution in [1.82, 2.24) is 10.3 Å². The third kappa shape index (κ3) is 3.58. The highest BCUT2D eigenvalue weighted by Crippen LogP contribution is 2.36. The van der Waals surface area contributed by atoms with Crippen LogP contribution in [0.1, 0.15) is 20.2 Å². The Bertz CT molecular complexity index is 827. The van der Waals surface area contributed by atoms with Gasteiger partial charge in [0.05, 0.1) is 11.2 Å². The van der Waals surface area contributed by atoms with E-state index in [1.165, 1.54) is 11.3 Å². The van der Waals surface area contributed by atoms with Crippen LogP contribution in [0, 0.1) is 0 Å². The highest BCUT2D eigenvalue weighted by molar-refractivity contribution is 7.14. The number of halogens is 2. The van der Waals surface area contributed by atoms with Gasteiger partial charge in [0.2, 0.25) is 0 Å². The topological polar surface area (TPSA) is 51.2 Å². The molecule has 2 aromatic rings. The Morgan fingerprint density at radius 2 is 2.22 bits per heavy atom. The summed E-state index contributed by atoms with van der Waals surface area (Å²) in [5, 5.41) is 4.39. The first kappa shape index (κ1) is 16.1. The van der Waals surface area contributed by atoms with Crippen molar-refractivity contribution in [2.45, 2.75) is 0 Å². The summed E-state index contributed by atoms with van der Waals surface area (Å²) >= 11 is 13.5. The molecule has 0 saturated heterocycles. The molecule has 4 nitrogen and oxygen atoms in total. The highest BCUT2D eigenvalue weighted by atomic mass is 35.5. The van der Waals surface area contributed by atoms with Gasteiger partial charge in [-0.25, -0.2) is 4.98 Å². The maximum absolute atomic E-state index is 11.5. The first-order valence-corrected chi connectivity index (χ1v) is 8.32. The van der Waals surface area contributed by atoms with Crippen molar-refractivity contribution < 1.29 is 9.53 Å². The molecule has 0 spiro atoms. The number of hydrogen-bond acceptors (Lipinski definition) is 4. The maximum Gasteiger partial charge on any atom is 0.262 e. The number of aromatic nitrogens is 1. The van der Waals surface area contributed by atoms with E-state index in [1.54, 1.807) is 19.3 Å². The Labute approximate surface area is 147 Å². The molecule has 0 atom stereocenters. The average Bonchev–Trinajstić information content (AvgIpc) is 3.00. The van der Waals surface area contributed by atoms with E-state index in [0.717, 1.165) is 16.1 Å². The number of nitrogens with one attached hydrogen (secondary N) is 1. The number of nitrogens with zero attached hydrogens (tertiary/aromatic N) is 1. The van der Waals surface area contributed by atoms with Crippen LogP contribution in [0.4, 0.5) is 0 Å². The maximum atomic E-state index is 11.5. The molecule has 7 heteroatoms. The fourth-order valence-corrected chi connectivity index (χ4v) is 3.43. The third-order valence-electron chi connectivity index (χ3n) is 3.18. The summed E-state index contributed by atoms with van der Waals surface area (Å²) in [6, 6.07) is 3.47. The molecule has 0 aliphatic carbocycles. The normalized spacial score (nSPS) is 13.4. The van der Waals surface area contributed by atoms with Crippen LogP contribution in [-0.4, -0.2) is 24.5 Å². The summed E-state index contributed by atoms with van der Waals surface area (Å²) in [6.07, 6.45) is 7.29. The summed E-state index contributed by atoms with van der Waals surface area (Å²) in [5.41, 5.74) is 1.81. The van der Waals surface area contributed by atoms with Gasteiger partial charge in [-0.2, -0.15) is 0 Å². The minimum absolute atomic E-state index is 0.138. The molecule has 1 aliphatic heterocycles. The van der Waals surface area contributed by atoms with Gasteiger partial charge in [-0.1, -0.05) is 29.3 Å². The number of fused-ring (bicyclic) bond motifs is 1. The quantitative estimate of drug-likeness (QED) is 0.880. The van der Waals surface area contributed by atoms with E-state index in [1.807, 2.05) is 24.3 Å².